The maximum absolute atomic E-state index is 3.82. The lowest BCUT2D eigenvalue weighted by Gasteiger charge is -2.27. The predicted octanol–water partition coefficient (Wildman–Crippen LogP) is 2.91. The third kappa shape index (κ3) is 3.15. The molecule has 1 N–H and O–H groups in total. The van der Waals surface area contributed by atoms with Crippen molar-refractivity contribution in [1.82, 2.24) is 10.2 Å². The molecule has 0 bridgehead atoms. The van der Waals surface area contributed by atoms with Gasteiger partial charge in [0.15, 0.2) is 0 Å². The van der Waals surface area contributed by atoms with E-state index in [9.17, 15) is 0 Å². The topological polar surface area (TPSA) is 15.3 Å². The lowest BCUT2D eigenvalue weighted by atomic mass is 10.0. The van der Waals surface area contributed by atoms with Gasteiger partial charge in [0.2, 0.25) is 0 Å². The van der Waals surface area contributed by atoms with E-state index < -0.39 is 0 Å². The Hall–Kier alpha value is -0.510. The molecule has 1 saturated heterocycles. The molecule has 1 fully saturated rings. The number of hydrogen-bond donors (Lipinski definition) is 1. The molecule has 2 heterocycles. The summed E-state index contributed by atoms with van der Waals surface area (Å²) in [5, 5.41) is 3.82. The second-order valence-electron chi connectivity index (χ2n) is 5.72. The smallest absolute Gasteiger partial charge is 0.0415 e. The normalized spacial score (nSPS) is 27.4. The number of rotatable bonds is 4. The van der Waals surface area contributed by atoms with Crippen LogP contribution in [0.1, 0.15) is 30.5 Å². The summed E-state index contributed by atoms with van der Waals surface area (Å²) >= 11 is 2.06. The van der Waals surface area contributed by atoms with Crippen molar-refractivity contribution >= 4 is 11.8 Å². The lowest BCUT2D eigenvalue weighted by molar-refractivity contribution is 0.336. The fourth-order valence-electron chi connectivity index (χ4n) is 3.23. The first-order valence-corrected chi connectivity index (χ1v) is 8.63. The maximum atomic E-state index is 3.82. The minimum atomic E-state index is 0.561. The van der Waals surface area contributed by atoms with Gasteiger partial charge in [0.1, 0.15) is 0 Å². The molecule has 3 rings (SSSR count). The molecule has 19 heavy (non-hydrogen) atoms. The molecule has 2 unspecified atom stereocenters. The highest BCUT2D eigenvalue weighted by atomic mass is 32.2. The fourth-order valence-corrected chi connectivity index (χ4v) is 4.36. The van der Waals surface area contributed by atoms with Crippen LogP contribution in [0.25, 0.3) is 0 Å². The van der Waals surface area contributed by atoms with Crippen LogP contribution < -0.4 is 5.32 Å². The van der Waals surface area contributed by atoms with Gasteiger partial charge in [-0.15, -0.1) is 0 Å². The molecule has 2 aliphatic rings. The number of nitrogens with zero attached hydrogens (tertiary/aromatic N) is 1. The Labute approximate surface area is 121 Å². The van der Waals surface area contributed by atoms with Crippen molar-refractivity contribution in [1.29, 1.82) is 0 Å². The van der Waals surface area contributed by atoms with Gasteiger partial charge in [-0.25, -0.2) is 0 Å². The summed E-state index contributed by atoms with van der Waals surface area (Å²) < 4.78 is 0. The monoisotopic (exact) mass is 276 g/mol. The van der Waals surface area contributed by atoms with Crippen molar-refractivity contribution in [2.24, 2.45) is 5.92 Å². The predicted molar refractivity (Wildman–Crippen MR) is 83.6 cm³/mol. The molecule has 2 nitrogen and oxygen atoms in total. The number of thioether (sulfide) groups is 1. The Morgan fingerprint density at radius 3 is 3.11 bits per heavy atom. The van der Waals surface area contributed by atoms with Crippen molar-refractivity contribution < 1.29 is 0 Å². The Morgan fingerprint density at radius 1 is 1.37 bits per heavy atom. The van der Waals surface area contributed by atoms with Crippen LogP contribution in [-0.4, -0.2) is 36.8 Å². The Morgan fingerprint density at radius 2 is 2.26 bits per heavy atom. The molecular weight excluding hydrogens is 252 g/mol. The zero-order valence-corrected chi connectivity index (χ0v) is 12.6. The van der Waals surface area contributed by atoms with Crippen molar-refractivity contribution in [3.05, 3.63) is 35.4 Å². The van der Waals surface area contributed by atoms with Gasteiger partial charge < -0.3 is 10.2 Å². The number of nitrogens with one attached hydrogen (secondary N) is 1. The van der Waals surface area contributed by atoms with E-state index in [0.29, 0.717) is 6.04 Å². The molecule has 2 atom stereocenters. The van der Waals surface area contributed by atoms with Gasteiger partial charge in [0.05, 0.1) is 0 Å². The number of likely N-dealkylation sites (tertiary alicyclic amines) is 1. The maximum Gasteiger partial charge on any atom is 0.0415 e. The first-order valence-electron chi connectivity index (χ1n) is 7.48. The average molecular weight is 276 g/mol. The fraction of sp³-hybridized carbons (Fsp3) is 0.625. The minimum absolute atomic E-state index is 0.561. The van der Waals surface area contributed by atoms with Crippen LogP contribution >= 0.6 is 11.8 Å². The SMILES string of the molecule is CCN1CCC(CNC2CSCc3ccccc32)C1. The first kappa shape index (κ1) is 13.5. The highest BCUT2D eigenvalue weighted by Gasteiger charge is 2.24. The van der Waals surface area contributed by atoms with Gasteiger partial charge >= 0.3 is 0 Å². The zero-order valence-electron chi connectivity index (χ0n) is 11.8. The largest absolute Gasteiger partial charge is 0.309 e. The molecule has 0 spiro atoms. The zero-order chi connectivity index (χ0) is 13.1. The van der Waals surface area contributed by atoms with E-state index >= 15 is 0 Å². The quantitative estimate of drug-likeness (QED) is 0.910. The summed E-state index contributed by atoms with van der Waals surface area (Å²) in [5.41, 5.74) is 3.06. The van der Waals surface area contributed by atoms with E-state index in [-0.39, 0.29) is 0 Å². The van der Waals surface area contributed by atoms with E-state index in [4.69, 9.17) is 0 Å². The molecule has 0 aliphatic carbocycles. The van der Waals surface area contributed by atoms with Crippen LogP contribution in [0, 0.1) is 5.92 Å². The minimum Gasteiger partial charge on any atom is -0.309 e. The molecule has 0 radical (unpaired) electrons. The second-order valence-corrected chi connectivity index (χ2v) is 6.75. The van der Waals surface area contributed by atoms with Gasteiger partial charge in [0.25, 0.3) is 0 Å². The molecule has 1 aromatic rings. The summed E-state index contributed by atoms with van der Waals surface area (Å²) in [5.74, 6) is 3.25. The molecule has 3 heteroatoms. The number of fused-ring (bicyclic) bond motifs is 1. The van der Waals surface area contributed by atoms with Crippen molar-refractivity contribution in [2.45, 2.75) is 25.1 Å². The third-order valence-corrected chi connectivity index (χ3v) is 5.53. The standard InChI is InChI=1S/C16H24N2S/c1-2-18-8-7-13(10-18)9-17-16-12-19-11-14-5-3-4-6-15(14)16/h3-6,13,16-17H,2,7-12H2,1H3. The van der Waals surface area contributed by atoms with Gasteiger partial charge in [0, 0.05) is 24.1 Å². The third-order valence-electron chi connectivity index (χ3n) is 4.44. The molecule has 1 aromatic carbocycles. The van der Waals surface area contributed by atoms with Crippen molar-refractivity contribution in [3.63, 3.8) is 0 Å². The summed E-state index contributed by atoms with van der Waals surface area (Å²) in [4.78, 5) is 2.57. The van der Waals surface area contributed by atoms with Crippen molar-refractivity contribution in [3.8, 4) is 0 Å². The molecule has 0 aromatic heterocycles. The van der Waals surface area contributed by atoms with Crippen LogP contribution in [0.2, 0.25) is 0 Å². The first-order chi connectivity index (χ1) is 9.36. The molecule has 2 aliphatic heterocycles. The highest BCUT2D eigenvalue weighted by molar-refractivity contribution is 7.98. The van der Waals surface area contributed by atoms with Crippen LogP contribution in [0.15, 0.2) is 24.3 Å². The summed E-state index contributed by atoms with van der Waals surface area (Å²) in [6, 6.07) is 9.49. The van der Waals surface area contributed by atoms with Gasteiger partial charge in [-0.3, -0.25) is 0 Å². The molecular formula is C16H24N2S. The van der Waals surface area contributed by atoms with E-state index in [1.807, 2.05) is 0 Å². The van der Waals surface area contributed by atoms with E-state index in [1.165, 1.54) is 55.2 Å². The molecule has 104 valence electrons. The Kier molecular flexibility index (Phi) is 4.46. The van der Waals surface area contributed by atoms with Gasteiger partial charge in [-0.05, 0) is 43.1 Å². The average Bonchev–Trinajstić information content (AvgIpc) is 2.93. The summed E-state index contributed by atoms with van der Waals surface area (Å²) in [6.07, 6.45) is 1.36. The van der Waals surface area contributed by atoms with E-state index in [1.54, 1.807) is 0 Å². The van der Waals surface area contributed by atoms with Gasteiger partial charge in [-0.2, -0.15) is 11.8 Å². The van der Waals surface area contributed by atoms with Gasteiger partial charge in [-0.1, -0.05) is 31.2 Å². The molecule has 0 saturated carbocycles. The van der Waals surface area contributed by atoms with Crippen LogP contribution in [-0.2, 0) is 5.75 Å². The van der Waals surface area contributed by atoms with E-state index in [0.717, 1.165) is 5.92 Å². The highest BCUT2D eigenvalue weighted by Crippen LogP contribution is 2.31. The molecule has 0 amide bonds. The second kappa shape index (κ2) is 6.29. The Bertz CT molecular complexity index is 421. The summed E-state index contributed by atoms with van der Waals surface area (Å²) in [7, 11) is 0. The van der Waals surface area contributed by atoms with Crippen LogP contribution in [0.4, 0.5) is 0 Å². The summed E-state index contributed by atoms with van der Waals surface area (Å²) in [6.45, 7) is 7.22. The number of hydrogen-bond acceptors (Lipinski definition) is 3. The van der Waals surface area contributed by atoms with E-state index in [2.05, 4.69) is 53.2 Å². The Balaban J connectivity index is 1.57. The lowest BCUT2D eigenvalue weighted by Crippen LogP contribution is -2.32. The number of benzene rings is 1. The van der Waals surface area contributed by atoms with Crippen LogP contribution in [0.3, 0.4) is 0 Å². The van der Waals surface area contributed by atoms with Crippen molar-refractivity contribution in [2.75, 3.05) is 31.9 Å². The van der Waals surface area contributed by atoms with Crippen LogP contribution in [0.5, 0.6) is 0 Å².